The maximum absolute atomic E-state index is 10.2. The number of hydrogen-bond acceptors (Lipinski definition) is 1. The van der Waals surface area contributed by atoms with Crippen LogP contribution >= 0.6 is 0 Å². The molecule has 1 nitrogen and oxygen atoms in total. The molecule has 70 valence electrons. The van der Waals surface area contributed by atoms with Crippen molar-refractivity contribution in [3.63, 3.8) is 0 Å². The lowest BCUT2D eigenvalue weighted by Crippen LogP contribution is -2.03. The predicted molar refractivity (Wildman–Crippen MR) is 53.1 cm³/mol. The average Bonchev–Trinajstić information content (AvgIpc) is 2.01. The van der Waals surface area contributed by atoms with Gasteiger partial charge in [-0.3, -0.25) is 0 Å². The van der Waals surface area contributed by atoms with Gasteiger partial charge in [-0.15, -0.1) is 6.58 Å². The van der Waals surface area contributed by atoms with Crippen LogP contribution in [0.2, 0.25) is 0 Å². The maximum Gasteiger partial charge on any atom is 0.120 e. The molecule has 0 aliphatic carbocycles. The van der Waals surface area contributed by atoms with Gasteiger partial charge in [-0.1, -0.05) is 19.9 Å². The van der Waals surface area contributed by atoms with Crippen LogP contribution in [0.1, 0.15) is 39.5 Å². The Kier molecular flexibility index (Phi) is 6.73. The predicted octanol–water partition coefficient (Wildman–Crippen LogP) is 3.20. The summed E-state index contributed by atoms with van der Waals surface area (Å²) in [4.78, 5) is 10.2. The molecule has 0 fully saturated rings. The summed E-state index contributed by atoms with van der Waals surface area (Å²) >= 11 is 0. The molecule has 0 saturated heterocycles. The molecule has 0 aromatic carbocycles. The maximum atomic E-state index is 10.2. The third-order valence-corrected chi connectivity index (χ3v) is 2.17. The Balaban J connectivity index is 3.45. The highest BCUT2D eigenvalue weighted by Crippen LogP contribution is 2.18. The normalized spacial score (nSPS) is 15.2. The molecule has 0 aromatic heterocycles. The summed E-state index contributed by atoms with van der Waals surface area (Å²) < 4.78 is 0. The Bertz CT molecular complexity index is 129. The number of carbonyl (C=O) groups excluding carboxylic acids is 1. The van der Waals surface area contributed by atoms with Gasteiger partial charge in [-0.05, 0) is 31.1 Å². The van der Waals surface area contributed by atoms with Crippen molar-refractivity contribution in [2.24, 2.45) is 11.8 Å². The molecular weight excluding hydrogens is 148 g/mol. The monoisotopic (exact) mass is 168 g/mol. The van der Waals surface area contributed by atoms with E-state index in [2.05, 4.69) is 20.4 Å². The molecular formula is C11H20O. The molecule has 0 aliphatic rings. The van der Waals surface area contributed by atoms with Crippen molar-refractivity contribution in [2.75, 3.05) is 0 Å². The first-order valence-corrected chi connectivity index (χ1v) is 4.75. The van der Waals surface area contributed by atoms with Gasteiger partial charge in [-0.25, -0.2) is 0 Å². The topological polar surface area (TPSA) is 17.1 Å². The highest BCUT2D eigenvalue weighted by atomic mass is 16.1. The van der Waals surface area contributed by atoms with Crippen LogP contribution < -0.4 is 0 Å². The SMILES string of the molecule is C=CCC[C@@H](C)CC(C)CC=O. The summed E-state index contributed by atoms with van der Waals surface area (Å²) in [6, 6.07) is 0. The van der Waals surface area contributed by atoms with E-state index in [9.17, 15) is 4.79 Å². The molecule has 1 heteroatoms. The van der Waals surface area contributed by atoms with Gasteiger partial charge in [0.15, 0.2) is 0 Å². The minimum atomic E-state index is 0.544. The van der Waals surface area contributed by atoms with E-state index in [-0.39, 0.29) is 0 Å². The number of rotatable bonds is 7. The van der Waals surface area contributed by atoms with Crippen LogP contribution in [-0.4, -0.2) is 6.29 Å². The first-order chi connectivity index (χ1) is 5.70. The number of carbonyl (C=O) groups is 1. The molecule has 0 bridgehead atoms. The van der Waals surface area contributed by atoms with E-state index < -0.39 is 0 Å². The summed E-state index contributed by atoms with van der Waals surface area (Å²) in [5, 5.41) is 0. The summed E-state index contributed by atoms with van der Waals surface area (Å²) in [5.41, 5.74) is 0. The van der Waals surface area contributed by atoms with Gasteiger partial charge in [0.05, 0.1) is 0 Å². The lowest BCUT2D eigenvalue weighted by molar-refractivity contribution is -0.108. The smallest absolute Gasteiger partial charge is 0.120 e. The second-order valence-corrected chi connectivity index (χ2v) is 3.71. The van der Waals surface area contributed by atoms with Gasteiger partial charge in [0, 0.05) is 6.42 Å². The minimum Gasteiger partial charge on any atom is -0.303 e. The lowest BCUT2D eigenvalue weighted by atomic mass is 9.92. The largest absolute Gasteiger partial charge is 0.303 e. The van der Waals surface area contributed by atoms with E-state index >= 15 is 0 Å². The Morgan fingerprint density at radius 1 is 1.33 bits per heavy atom. The Morgan fingerprint density at radius 3 is 2.50 bits per heavy atom. The van der Waals surface area contributed by atoms with Crippen LogP contribution in [0.4, 0.5) is 0 Å². The molecule has 0 spiro atoms. The second kappa shape index (κ2) is 7.08. The highest BCUT2D eigenvalue weighted by Gasteiger charge is 2.07. The van der Waals surface area contributed by atoms with Crippen molar-refractivity contribution in [2.45, 2.75) is 39.5 Å². The van der Waals surface area contributed by atoms with Crippen molar-refractivity contribution in [1.82, 2.24) is 0 Å². The van der Waals surface area contributed by atoms with E-state index in [0.29, 0.717) is 12.3 Å². The van der Waals surface area contributed by atoms with Gasteiger partial charge in [0.2, 0.25) is 0 Å². The van der Waals surface area contributed by atoms with E-state index in [1.165, 1.54) is 6.42 Å². The first kappa shape index (κ1) is 11.4. The van der Waals surface area contributed by atoms with E-state index in [4.69, 9.17) is 0 Å². The van der Waals surface area contributed by atoms with Crippen LogP contribution in [-0.2, 0) is 4.79 Å². The zero-order valence-corrected chi connectivity index (χ0v) is 8.25. The molecule has 0 aromatic rings. The van der Waals surface area contributed by atoms with Crippen molar-refractivity contribution in [3.8, 4) is 0 Å². The number of allylic oxidation sites excluding steroid dienone is 1. The zero-order chi connectivity index (χ0) is 9.40. The van der Waals surface area contributed by atoms with Crippen LogP contribution in [0.25, 0.3) is 0 Å². The first-order valence-electron chi connectivity index (χ1n) is 4.75. The van der Waals surface area contributed by atoms with E-state index in [1.807, 2.05) is 6.08 Å². The van der Waals surface area contributed by atoms with Crippen molar-refractivity contribution >= 4 is 6.29 Å². The van der Waals surface area contributed by atoms with Crippen LogP contribution in [0.3, 0.4) is 0 Å². The Hall–Kier alpha value is -0.590. The van der Waals surface area contributed by atoms with Crippen LogP contribution in [0.5, 0.6) is 0 Å². The summed E-state index contributed by atoms with van der Waals surface area (Å²) in [5.74, 6) is 1.26. The Labute approximate surface area is 75.9 Å². The lowest BCUT2D eigenvalue weighted by Gasteiger charge is -2.13. The summed E-state index contributed by atoms with van der Waals surface area (Å²) in [6.07, 6.45) is 7.14. The fourth-order valence-corrected chi connectivity index (χ4v) is 1.47. The summed E-state index contributed by atoms with van der Waals surface area (Å²) in [6.45, 7) is 8.07. The quantitative estimate of drug-likeness (QED) is 0.421. The Morgan fingerprint density at radius 2 is 2.00 bits per heavy atom. The van der Waals surface area contributed by atoms with Crippen molar-refractivity contribution in [3.05, 3.63) is 12.7 Å². The van der Waals surface area contributed by atoms with Crippen molar-refractivity contribution in [1.29, 1.82) is 0 Å². The molecule has 0 amide bonds. The van der Waals surface area contributed by atoms with Gasteiger partial charge in [0.1, 0.15) is 6.29 Å². The minimum absolute atomic E-state index is 0.544. The van der Waals surface area contributed by atoms with Gasteiger partial charge >= 0.3 is 0 Å². The van der Waals surface area contributed by atoms with E-state index in [0.717, 1.165) is 25.0 Å². The van der Waals surface area contributed by atoms with Gasteiger partial charge in [0.25, 0.3) is 0 Å². The molecule has 2 atom stereocenters. The standard InChI is InChI=1S/C11H20O/c1-4-5-6-10(2)9-11(3)7-8-12/h4,8,10-11H,1,5-7,9H2,2-3H3/t10-,11?/m1/s1. The highest BCUT2D eigenvalue weighted by molar-refractivity contribution is 5.49. The molecule has 12 heavy (non-hydrogen) atoms. The van der Waals surface area contributed by atoms with Crippen LogP contribution in [0.15, 0.2) is 12.7 Å². The average molecular weight is 168 g/mol. The zero-order valence-electron chi connectivity index (χ0n) is 8.25. The molecule has 0 heterocycles. The van der Waals surface area contributed by atoms with Gasteiger partial charge < -0.3 is 4.79 Å². The molecule has 0 aliphatic heterocycles. The third kappa shape index (κ3) is 6.14. The number of hydrogen-bond donors (Lipinski definition) is 0. The molecule has 0 saturated carbocycles. The summed E-state index contributed by atoms with van der Waals surface area (Å²) in [7, 11) is 0. The molecule has 0 N–H and O–H groups in total. The van der Waals surface area contributed by atoms with Crippen LogP contribution in [0, 0.1) is 11.8 Å². The molecule has 0 rings (SSSR count). The van der Waals surface area contributed by atoms with E-state index in [1.54, 1.807) is 0 Å². The number of aldehydes is 1. The fraction of sp³-hybridized carbons (Fsp3) is 0.727. The molecule has 1 unspecified atom stereocenters. The second-order valence-electron chi connectivity index (χ2n) is 3.71. The molecule has 0 radical (unpaired) electrons. The van der Waals surface area contributed by atoms with Gasteiger partial charge in [-0.2, -0.15) is 0 Å². The third-order valence-electron chi connectivity index (χ3n) is 2.17. The van der Waals surface area contributed by atoms with Crippen molar-refractivity contribution < 1.29 is 4.79 Å². The fourth-order valence-electron chi connectivity index (χ4n) is 1.47.